The second-order valence-corrected chi connectivity index (χ2v) is 7.58. The topological polar surface area (TPSA) is 29.0 Å². The van der Waals surface area contributed by atoms with Crippen LogP contribution in [0.2, 0.25) is 0 Å². The maximum atomic E-state index is 14.1. The number of benzene rings is 2. The first-order chi connectivity index (χ1) is 14.0. The molecule has 0 aliphatic carbocycles. The van der Waals surface area contributed by atoms with Crippen molar-refractivity contribution >= 4 is 0 Å². The van der Waals surface area contributed by atoms with Crippen molar-refractivity contribution in [3.63, 3.8) is 0 Å². The Labute approximate surface area is 168 Å². The van der Waals surface area contributed by atoms with Gasteiger partial charge in [0.15, 0.2) is 11.6 Å². The average Bonchev–Trinajstić information content (AvgIpc) is 2.75. The highest BCUT2D eigenvalue weighted by molar-refractivity contribution is 5.65. The summed E-state index contributed by atoms with van der Waals surface area (Å²) < 4.78 is 41.7. The molecule has 0 spiro atoms. The summed E-state index contributed by atoms with van der Waals surface area (Å²) in [5.41, 5.74) is 3.92. The molecule has 1 aliphatic rings. The molecule has 0 N–H and O–H groups in total. The van der Waals surface area contributed by atoms with Crippen LogP contribution in [0.3, 0.4) is 0 Å². The molecule has 1 aromatic heterocycles. The third kappa shape index (κ3) is 4.17. The van der Waals surface area contributed by atoms with Gasteiger partial charge < -0.3 is 0 Å². The highest BCUT2D eigenvalue weighted by Crippen LogP contribution is 2.33. The zero-order chi connectivity index (χ0) is 20.4. The lowest BCUT2D eigenvalue weighted by Crippen LogP contribution is -2.35. The van der Waals surface area contributed by atoms with Gasteiger partial charge in [0.25, 0.3) is 0 Å². The molecular weight excluding hydrogens is 375 g/mol. The van der Waals surface area contributed by atoms with Gasteiger partial charge in [0, 0.05) is 36.3 Å². The Bertz CT molecular complexity index is 1000. The molecule has 1 atom stereocenters. The second-order valence-electron chi connectivity index (χ2n) is 7.58. The molecule has 2 aromatic carbocycles. The number of likely N-dealkylation sites (tertiary alicyclic amines) is 1. The normalized spacial score (nSPS) is 17.4. The minimum absolute atomic E-state index is 0.0386. The molecule has 1 fully saturated rings. The van der Waals surface area contributed by atoms with E-state index < -0.39 is 17.5 Å². The fourth-order valence-corrected chi connectivity index (χ4v) is 3.98. The molecule has 1 saturated heterocycles. The lowest BCUT2D eigenvalue weighted by Gasteiger charge is -2.33. The van der Waals surface area contributed by atoms with E-state index in [4.69, 9.17) is 0 Å². The first-order valence-electron chi connectivity index (χ1n) is 9.74. The van der Waals surface area contributed by atoms with Gasteiger partial charge in [-0.3, -0.25) is 4.90 Å². The van der Waals surface area contributed by atoms with Crippen molar-refractivity contribution in [1.29, 1.82) is 0 Å². The summed E-state index contributed by atoms with van der Waals surface area (Å²) in [6.45, 7) is 3.38. The monoisotopic (exact) mass is 397 g/mol. The van der Waals surface area contributed by atoms with Gasteiger partial charge in [-0.05, 0) is 44.0 Å². The van der Waals surface area contributed by atoms with Gasteiger partial charge in [-0.2, -0.15) is 0 Å². The van der Waals surface area contributed by atoms with Crippen molar-refractivity contribution in [2.45, 2.75) is 32.2 Å². The molecular formula is C23H22F3N3. The van der Waals surface area contributed by atoms with Crippen molar-refractivity contribution in [2.24, 2.45) is 0 Å². The van der Waals surface area contributed by atoms with Gasteiger partial charge >= 0.3 is 0 Å². The van der Waals surface area contributed by atoms with E-state index in [-0.39, 0.29) is 18.0 Å². The molecule has 0 saturated carbocycles. The number of aromatic nitrogens is 2. The SMILES string of the molecule is Cc1ccc(-c2cncnc2C2CCCN(Cc3c(F)ccc(F)c3F)C2)cc1. The van der Waals surface area contributed by atoms with Gasteiger partial charge in [0.2, 0.25) is 0 Å². The van der Waals surface area contributed by atoms with Crippen LogP contribution in [0.25, 0.3) is 11.1 Å². The Morgan fingerprint density at radius 2 is 1.79 bits per heavy atom. The minimum Gasteiger partial charge on any atom is -0.298 e. The highest BCUT2D eigenvalue weighted by atomic mass is 19.2. The van der Waals surface area contributed by atoms with E-state index in [1.54, 1.807) is 0 Å². The maximum absolute atomic E-state index is 14.1. The maximum Gasteiger partial charge on any atom is 0.166 e. The standard InChI is InChI=1S/C23H22F3N3/c1-15-4-6-16(7-5-15)18-11-27-14-28-23(18)17-3-2-10-29(12-17)13-19-20(24)8-9-21(25)22(19)26/h4-9,11,14,17H,2-3,10,12-13H2,1H3. The molecule has 1 aliphatic heterocycles. The first kappa shape index (κ1) is 19.6. The van der Waals surface area contributed by atoms with Crippen molar-refractivity contribution in [3.8, 4) is 11.1 Å². The smallest absolute Gasteiger partial charge is 0.166 e. The number of hydrogen-bond donors (Lipinski definition) is 0. The van der Waals surface area contributed by atoms with Crippen LogP contribution >= 0.6 is 0 Å². The summed E-state index contributed by atoms with van der Waals surface area (Å²) in [5, 5.41) is 0. The Balaban J connectivity index is 1.59. The lowest BCUT2D eigenvalue weighted by atomic mass is 9.89. The van der Waals surface area contributed by atoms with Gasteiger partial charge in [-0.1, -0.05) is 29.8 Å². The van der Waals surface area contributed by atoms with E-state index in [9.17, 15) is 13.2 Å². The van der Waals surface area contributed by atoms with Crippen molar-refractivity contribution in [3.05, 3.63) is 83.2 Å². The fourth-order valence-electron chi connectivity index (χ4n) is 3.98. The zero-order valence-electron chi connectivity index (χ0n) is 16.2. The molecule has 29 heavy (non-hydrogen) atoms. The number of piperidine rings is 1. The average molecular weight is 397 g/mol. The third-order valence-corrected chi connectivity index (χ3v) is 5.52. The van der Waals surface area contributed by atoms with Gasteiger partial charge in [-0.25, -0.2) is 23.1 Å². The molecule has 150 valence electrons. The van der Waals surface area contributed by atoms with Gasteiger partial charge in [0.1, 0.15) is 12.1 Å². The Kier molecular flexibility index (Phi) is 5.62. The molecule has 4 rings (SSSR count). The number of nitrogens with zero attached hydrogens (tertiary/aromatic N) is 3. The lowest BCUT2D eigenvalue weighted by molar-refractivity contribution is 0.193. The van der Waals surface area contributed by atoms with Crippen LogP contribution in [0.4, 0.5) is 13.2 Å². The van der Waals surface area contributed by atoms with Crippen molar-refractivity contribution < 1.29 is 13.2 Å². The highest BCUT2D eigenvalue weighted by Gasteiger charge is 2.26. The quantitative estimate of drug-likeness (QED) is 0.563. The van der Waals surface area contributed by atoms with Gasteiger partial charge in [0.05, 0.1) is 5.69 Å². The summed E-state index contributed by atoms with van der Waals surface area (Å²) in [6.07, 6.45) is 5.16. The van der Waals surface area contributed by atoms with Crippen LogP contribution in [-0.2, 0) is 6.54 Å². The van der Waals surface area contributed by atoms with Gasteiger partial charge in [-0.15, -0.1) is 0 Å². The Morgan fingerprint density at radius 3 is 2.59 bits per heavy atom. The van der Waals surface area contributed by atoms with Crippen LogP contribution in [0.5, 0.6) is 0 Å². The summed E-state index contributed by atoms with van der Waals surface area (Å²) in [6, 6.07) is 10.0. The van der Waals surface area contributed by atoms with E-state index in [0.29, 0.717) is 13.1 Å². The number of aryl methyl sites for hydroxylation is 1. The zero-order valence-corrected chi connectivity index (χ0v) is 16.2. The molecule has 2 heterocycles. The first-order valence-corrected chi connectivity index (χ1v) is 9.74. The Morgan fingerprint density at radius 1 is 1.03 bits per heavy atom. The summed E-state index contributed by atoms with van der Waals surface area (Å²) in [4.78, 5) is 10.7. The summed E-state index contributed by atoms with van der Waals surface area (Å²) in [7, 11) is 0. The third-order valence-electron chi connectivity index (χ3n) is 5.52. The molecule has 0 bridgehead atoms. The van der Waals surface area contributed by atoms with E-state index in [0.717, 1.165) is 41.8 Å². The van der Waals surface area contributed by atoms with Crippen LogP contribution in [0.1, 0.15) is 35.6 Å². The van der Waals surface area contributed by atoms with E-state index in [2.05, 4.69) is 34.2 Å². The summed E-state index contributed by atoms with van der Waals surface area (Å²) >= 11 is 0. The van der Waals surface area contributed by atoms with Crippen molar-refractivity contribution in [1.82, 2.24) is 14.9 Å². The fraction of sp³-hybridized carbons (Fsp3) is 0.304. The number of rotatable bonds is 4. The largest absolute Gasteiger partial charge is 0.298 e. The Hall–Kier alpha value is -2.73. The molecule has 0 amide bonds. The van der Waals surface area contributed by atoms with Crippen LogP contribution < -0.4 is 0 Å². The van der Waals surface area contributed by atoms with Crippen LogP contribution in [-0.4, -0.2) is 28.0 Å². The summed E-state index contributed by atoms with van der Waals surface area (Å²) in [5.74, 6) is -2.72. The van der Waals surface area contributed by atoms with Crippen molar-refractivity contribution in [2.75, 3.05) is 13.1 Å². The minimum atomic E-state index is -1.10. The van der Waals surface area contributed by atoms with Crippen LogP contribution in [0, 0.1) is 24.4 Å². The second kappa shape index (κ2) is 8.33. The number of hydrogen-bond acceptors (Lipinski definition) is 3. The molecule has 3 aromatic rings. The predicted octanol–water partition coefficient (Wildman–Crippen LogP) is 5.25. The van der Waals surface area contributed by atoms with Crippen LogP contribution in [0.15, 0.2) is 48.9 Å². The molecule has 6 heteroatoms. The van der Waals surface area contributed by atoms with E-state index in [1.807, 2.05) is 18.0 Å². The van der Waals surface area contributed by atoms with E-state index in [1.165, 1.54) is 11.9 Å². The molecule has 3 nitrogen and oxygen atoms in total. The molecule has 0 radical (unpaired) electrons. The molecule has 1 unspecified atom stereocenters. The van der Waals surface area contributed by atoms with E-state index >= 15 is 0 Å². The number of halogens is 3. The predicted molar refractivity (Wildman–Crippen MR) is 106 cm³/mol.